The molecule has 1 atom stereocenters. The fourth-order valence-electron chi connectivity index (χ4n) is 2.67. The summed E-state index contributed by atoms with van der Waals surface area (Å²) < 4.78 is 0. The molecule has 2 rings (SSSR count). The molecule has 0 spiro atoms. The van der Waals surface area contributed by atoms with Crippen molar-refractivity contribution in [2.24, 2.45) is 0 Å². The van der Waals surface area contributed by atoms with E-state index in [0.717, 1.165) is 43.2 Å². The lowest BCUT2D eigenvalue weighted by Crippen LogP contribution is -2.37. The number of halogens is 2. The average Bonchev–Trinajstić information content (AvgIpc) is 2.86. The molecule has 4 heteroatoms. The quantitative estimate of drug-likeness (QED) is 0.855. The van der Waals surface area contributed by atoms with Crippen LogP contribution in [0.25, 0.3) is 0 Å². The Labute approximate surface area is 126 Å². The Balaban J connectivity index is 1.98. The molecule has 0 amide bonds. The van der Waals surface area contributed by atoms with Crippen molar-refractivity contribution in [3.05, 3.63) is 33.8 Å². The first-order valence-corrected chi connectivity index (χ1v) is 7.84. The molecule has 106 valence electrons. The van der Waals surface area contributed by atoms with Gasteiger partial charge in [-0.2, -0.15) is 0 Å². The second-order valence-corrected chi connectivity index (χ2v) is 6.11. The molecule has 0 aliphatic carbocycles. The molecule has 1 unspecified atom stereocenters. The average molecular weight is 301 g/mol. The normalized spacial score (nSPS) is 19.3. The van der Waals surface area contributed by atoms with E-state index in [4.69, 9.17) is 23.2 Å². The summed E-state index contributed by atoms with van der Waals surface area (Å²) in [5, 5.41) is 5.03. The minimum Gasteiger partial charge on any atom is -0.313 e. The molecule has 2 nitrogen and oxygen atoms in total. The summed E-state index contributed by atoms with van der Waals surface area (Å²) in [5.74, 6) is 0. The van der Waals surface area contributed by atoms with Gasteiger partial charge < -0.3 is 5.32 Å². The van der Waals surface area contributed by atoms with Crippen LogP contribution in [0.4, 0.5) is 0 Å². The molecule has 1 aromatic rings. The van der Waals surface area contributed by atoms with E-state index in [0.29, 0.717) is 11.1 Å². The van der Waals surface area contributed by atoms with Crippen LogP contribution in [0.2, 0.25) is 10.0 Å². The van der Waals surface area contributed by atoms with Crippen molar-refractivity contribution >= 4 is 23.2 Å². The maximum Gasteiger partial charge on any atom is 0.0465 e. The SMILES string of the molecule is CCCN(Cc1ccc(Cl)cc1Cl)CC1CCCN1. The van der Waals surface area contributed by atoms with Crippen molar-refractivity contribution in [3.63, 3.8) is 0 Å². The van der Waals surface area contributed by atoms with Gasteiger partial charge in [0.05, 0.1) is 0 Å². The van der Waals surface area contributed by atoms with E-state index in [1.165, 1.54) is 12.8 Å². The summed E-state index contributed by atoms with van der Waals surface area (Å²) in [5.41, 5.74) is 1.16. The number of hydrogen-bond acceptors (Lipinski definition) is 2. The second-order valence-electron chi connectivity index (χ2n) is 5.26. The molecule has 0 radical (unpaired) electrons. The second kappa shape index (κ2) is 7.49. The highest BCUT2D eigenvalue weighted by Gasteiger charge is 2.18. The zero-order chi connectivity index (χ0) is 13.7. The molecule has 0 saturated carbocycles. The monoisotopic (exact) mass is 300 g/mol. The Morgan fingerprint density at radius 3 is 2.84 bits per heavy atom. The summed E-state index contributed by atoms with van der Waals surface area (Å²) in [7, 11) is 0. The molecule has 0 aromatic heterocycles. The number of benzene rings is 1. The predicted octanol–water partition coefficient (Wildman–Crippen LogP) is 3.96. The molecular weight excluding hydrogens is 279 g/mol. The van der Waals surface area contributed by atoms with Gasteiger partial charge >= 0.3 is 0 Å². The first kappa shape index (κ1) is 15.1. The van der Waals surface area contributed by atoms with E-state index >= 15 is 0 Å². The third-order valence-electron chi connectivity index (χ3n) is 3.59. The molecule has 1 N–H and O–H groups in total. The van der Waals surface area contributed by atoms with Crippen molar-refractivity contribution in [1.29, 1.82) is 0 Å². The van der Waals surface area contributed by atoms with Gasteiger partial charge in [-0.15, -0.1) is 0 Å². The van der Waals surface area contributed by atoms with Crippen LogP contribution in [0.5, 0.6) is 0 Å². The van der Waals surface area contributed by atoms with Crippen molar-refractivity contribution in [3.8, 4) is 0 Å². The number of rotatable bonds is 6. The van der Waals surface area contributed by atoms with Gasteiger partial charge in [-0.3, -0.25) is 4.90 Å². The maximum atomic E-state index is 6.26. The summed E-state index contributed by atoms with van der Waals surface area (Å²) in [6.45, 7) is 6.50. The minimum absolute atomic E-state index is 0.637. The zero-order valence-electron chi connectivity index (χ0n) is 11.5. The molecule has 19 heavy (non-hydrogen) atoms. The molecule has 1 aliphatic heterocycles. The van der Waals surface area contributed by atoms with Crippen molar-refractivity contribution in [1.82, 2.24) is 10.2 Å². The molecule has 1 aliphatic rings. The molecule has 1 aromatic carbocycles. The highest BCUT2D eigenvalue weighted by atomic mass is 35.5. The third-order valence-corrected chi connectivity index (χ3v) is 4.18. The van der Waals surface area contributed by atoms with Gasteiger partial charge in [0.15, 0.2) is 0 Å². The van der Waals surface area contributed by atoms with Crippen LogP contribution in [-0.4, -0.2) is 30.6 Å². The van der Waals surface area contributed by atoms with Crippen LogP contribution >= 0.6 is 23.2 Å². The largest absolute Gasteiger partial charge is 0.313 e. The van der Waals surface area contributed by atoms with Gasteiger partial charge in [-0.1, -0.05) is 36.2 Å². The molecule has 1 heterocycles. The first-order chi connectivity index (χ1) is 9.19. The third kappa shape index (κ3) is 4.64. The van der Waals surface area contributed by atoms with Crippen LogP contribution in [-0.2, 0) is 6.54 Å². The Hall–Kier alpha value is -0.280. The summed E-state index contributed by atoms with van der Waals surface area (Å²) in [6, 6.07) is 6.42. The van der Waals surface area contributed by atoms with Gasteiger partial charge in [-0.25, -0.2) is 0 Å². The Kier molecular flexibility index (Phi) is 5.96. The summed E-state index contributed by atoms with van der Waals surface area (Å²) in [6.07, 6.45) is 3.75. The molecule has 1 saturated heterocycles. The number of nitrogens with one attached hydrogen (secondary N) is 1. The number of nitrogens with zero attached hydrogens (tertiary/aromatic N) is 1. The standard InChI is InChI=1S/C15H22Cl2N2/c1-2-8-19(11-14-4-3-7-18-14)10-12-5-6-13(16)9-15(12)17/h5-6,9,14,18H,2-4,7-8,10-11H2,1H3. The fraction of sp³-hybridized carbons (Fsp3) is 0.600. The minimum atomic E-state index is 0.637. The Morgan fingerprint density at radius 1 is 1.37 bits per heavy atom. The van der Waals surface area contributed by atoms with E-state index in [9.17, 15) is 0 Å². The lowest BCUT2D eigenvalue weighted by atomic mass is 10.1. The van der Waals surface area contributed by atoms with Gasteiger partial charge in [0.1, 0.15) is 0 Å². The van der Waals surface area contributed by atoms with Crippen molar-refractivity contribution < 1.29 is 0 Å². The summed E-state index contributed by atoms with van der Waals surface area (Å²) >= 11 is 12.2. The van der Waals surface area contributed by atoms with Crippen LogP contribution in [0.1, 0.15) is 31.7 Å². The number of hydrogen-bond donors (Lipinski definition) is 1. The highest BCUT2D eigenvalue weighted by molar-refractivity contribution is 6.35. The van der Waals surface area contributed by atoms with E-state index in [1.54, 1.807) is 0 Å². The molecule has 0 bridgehead atoms. The summed E-state index contributed by atoms with van der Waals surface area (Å²) in [4.78, 5) is 2.48. The van der Waals surface area contributed by atoms with Crippen molar-refractivity contribution in [2.75, 3.05) is 19.6 Å². The lowest BCUT2D eigenvalue weighted by Gasteiger charge is -2.25. The lowest BCUT2D eigenvalue weighted by molar-refractivity contribution is 0.241. The molecule has 1 fully saturated rings. The van der Waals surface area contributed by atoms with Gasteiger partial charge in [0.2, 0.25) is 0 Å². The van der Waals surface area contributed by atoms with Crippen LogP contribution in [0, 0.1) is 0 Å². The fourth-order valence-corrected chi connectivity index (χ4v) is 3.13. The first-order valence-electron chi connectivity index (χ1n) is 7.08. The van der Waals surface area contributed by atoms with Crippen LogP contribution in [0.15, 0.2) is 18.2 Å². The van der Waals surface area contributed by atoms with E-state index in [-0.39, 0.29) is 0 Å². The van der Waals surface area contributed by atoms with Crippen LogP contribution in [0.3, 0.4) is 0 Å². The zero-order valence-corrected chi connectivity index (χ0v) is 13.0. The van der Waals surface area contributed by atoms with Crippen LogP contribution < -0.4 is 5.32 Å². The maximum absolute atomic E-state index is 6.26. The smallest absolute Gasteiger partial charge is 0.0465 e. The van der Waals surface area contributed by atoms with Gasteiger partial charge in [0, 0.05) is 29.2 Å². The topological polar surface area (TPSA) is 15.3 Å². The van der Waals surface area contributed by atoms with E-state index in [1.807, 2.05) is 18.2 Å². The highest BCUT2D eigenvalue weighted by Crippen LogP contribution is 2.22. The Bertz CT molecular complexity index is 403. The van der Waals surface area contributed by atoms with E-state index in [2.05, 4.69) is 17.1 Å². The van der Waals surface area contributed by atoms with Gasteiger partial charge in [-0.05, 0) is 50.0 Å². The Morgan fingerprint density at radius 2 is 2.21 bits per heavy atom. The van der Waals surface area contributed by atoms with Crippen molar-refractivity contribution in [2.45, 2.75) is 38.8 Å². The molecular formula is C15H22Cl2N2. The van der Waals surface area contributed by atoms with Gasteiger partial charge in [0.25, 0.3) is 0 Å². The van der Waals surface area contributed by atoms with E-state index < -0.39 is 0 Å². The predicted molar refractivity (Wildman–Crippen MR) is 83.1 cm³/mol.